The summed E-state index contributed by atoms with van der Waals surface area (Å²) in [6.45, 7) is 8.31. The van der Waals surface area contributed by atoms with E-state index in [1.807, 2.05) is 6.79 Å². The maximum absolute atomic E-state index is 10.0. The normalized spacial score (nSPS) is 5.78. The molecule has 0 amide bonds. The number of carbonyl (C=O) groups excluding carboxylic acids is 2. The van der Waals surface area contributed by atoms with E-state index in [0.29, 0.717) is 0 Å². The fraction of sp³-hybridized carbons (Fsp3) is 0. The van der Waals surface area contributed by atoms with E-state index in [9.17, 15) is 4.79 Å². The Kier molecular flexibility index (Phi) is 11.5. The van der Waals surface area contributed by atoms with E-state index in [2.05, 4.69) is 17.9 Å². The van der Waals surface area contributed by atoms with Crippen LogP contribution in [0.4, 0.5) is 0 Å². The van der Waals surface area contributed by atoms with Gasteiger partial charge in [0.15, 0.2) is 0 Å². The Bertz CT molecular complexity index is 107. The van der Waals surface area contributed by atoms with Crippen LogP contribution in [-0.4, -0.2) is 12.8 Å². The van der Waals surface area contributed by atoms with Gasteiger partial charge in [0.1, 0.15) is 6.79 Å². The van der Waals surface area contributed by atoms with E-state index in [4.69, 9.17) is 4.79 Å². The van der Waals surface area contributed by atoms with Crippen LogP contribution in [0.1, 0.15) is 0 Å². The van der Waals surface area contributed by atoms with Gasteiger partial charge in [0, 0.05) is 6.08 Å². The van der Waals surface area contributed by atoms with Crippen LogP contribution in [0, 0.1) is 0 Å². The minimum Gasteiger partial charge on any atom is -0.432 e. The SMILES string of the molecule is C=COC(=O)C=C.C=O. The topological polar surface area (TPSA) is 43.4 Å². The number of rotatable bonds is 2. The number of ether oxygens (including phenoxy) is 1. The lowest BCUT2D eigenvalue weighted by Gasteiger charge is -1.85. The molecule has 0 atom stereocenters. The fourth-order valence-electron chi connectivity index (χ4n) is 0.130. The summed E-state index contributed by atoms with van der Waals surface area (Å²) < 4.78 is 4.20. The van der Waals surface area contributed by atoms with Crippen LogP contribution in [0.2, 0.25) is 0 Å². The lowest BCUT2D eigenvalue weighted by atomic mass is 10.7. The first-order chi connectivity index (χ1) is 4.31. The van der Waals surface area contributed by atoms with Gasteiger partial charge in [-0.25, -0.2) is 4.79 Å². The molecule has 0 radical (unpaired) electrons. The van der Waals surface area contributed by atoms with Crippen molar-refractivity contribution in [1.29, 1.82) is 0 Å². The zero-order chi connectivity index (χ0) is 7.70. The molecule has 0 aliphatic heterocycles. The zero-order valence-corrected chi connectivity index (χ0v) is 5.00. The van der Waals surface area contributed by atoms with Crippen LogP contribution < -0.4 is 0 Å². The molecular weight excluding hydrogens is 120 g/mol. The Balaban J connectivity index is 0. The Morgan fingerprint density at radius 1 is 1.33 bits per heavy atom. The highest BCUT2D eigenvalue weighted by Gasteiger charge is 1.84. The average molecular weight is 128 g/mol. The summed E-state index contributed by atoms with van der Waals surface area (Å²) in [6, 6.07) is 0. The zero-order valence-electron chi connectivity index (χ0n) is 5.00. The highest BCUT2D eigenvalue weighted by atomic mass is 16.5. The molecule has 0 aliphatic rings. The molecule has 0 spiro atoms. The number of esters is 1. The lowest BCUT2D eigenvalue weighted by molar-refractivity contribution is -0.132. The summed E-state index contributed by atoms with van der Waals surface area (Å²) in [5.74, 6) is -0.477. The van der Waals surface area contributed by atoms with Gasteiger partial charge < -0.3 is 9.53 Å². The summed E-state index contributed by atoms with van der Waals surface area (Å²) >= 11 is 0. The third kappa shape index (κ3) is 10.8. The highest BCUT2D eigenvalue weighted by Crippen LogP contribution is 1.75. The summed E-state index contributed by atoms with van der Waals surface area (Å²) in [7, 11) is 0. The monoisotopic (exact) mass is 128 g/mol. The molecule has 0 fully saturated rings. The molecule has 0 saturated carbocycles. The first-order valence-electron chi connectivity index (χ1n) is 2.04. The predicted octanol–water partition coefficient (Wildman–Crippen LogP) is 0.674. The van der Waals surface area contributed by atoms with Gasteiger partial charge in [-0.2, -0.15) is 0 Å². The lowest BCUT2D eigenvalue weighted by Crippen LogP contribution is -1.90. The highest BCUT2D eigenvalue weighted by molar-refractivity contribution is 5.81. The maximum Gasteiger partial charge on any atom is 0.334 e. The van der Waals surface area contributed by atoms with Crippen LogP contribution >= 0.6 is 0 Å². The molecule has 50 valence electrons. The van der Waals surface area contributed by atoms with Gasteiger partial charge in [-0.05, 0) is 0 Å². The van der Waals surface area contributed by atoms with Crippen molar-refractivity contribution in [2.45, 2.75) is 0 Å². The second-order valence-electron chi connectivity index (χ2n) is 0.808. The molecule has 0 aliphatic carbocycles. The molecule has 0 aromatic heterocycles. The number of hydrogen-bond acceptors (Lipinski definition) is 3. The number of hydrogen-bond donors (Lipinski definition) is 0. The van der Waals surface area contributed by atoms with Crippen LogP contribution in [0.3, 0.4) is 0 Å². The summed E-state index contributed by atoms with van der Waals surface area (Å²) in [5.41, 5.74) is 0. The molecule has 9 heavy (non-hydrogen) atoms. The molecule has 0 aromatic rings. The van der Waals surface area contributed by atoms with E-state index < -0.39 is 5.97 Å². The van der Waals surface area contributed by atoms with Crippen LogP contribution in [0.15, 0.2) is 25.5 Å². The van der Waals surface area contributed by atoms with E-state index >= 15 is 0 Å². The van der Waals surface area contributed by atoms with E-state index in [1.165, 1.54) is 0 Å². The van der Waals surface area contributed by atoms with Gasteiger partial charge in [-0.1, -0.05) is 13.2 Å². The number of carbonyl (C=O) groups is 2. The van der Waals surface area contributed by atoms with Gasteiger partial charge in [0.05, 0.1) is 6.26 Å². The largest absolute Gasteiger partial charge is 0.432 e. The van der Waals surface area contributed by atoms with Gasteiger partial charge in [0.25, 0.3) is 0 Å². The Hall–Kier alpha value is -1.38. The molecular formula is C6H8O3. The third-order valence-corrected chi connectivity index (χ3v) is 0.366. The molecule has 3 heteroatoms. The van der Waals surface area contributed by atoms with Gasteiger partial charge in [-0.15, -0.1) is 0 Å². The summed E-state index contributed by atoms with van der Waals surface area (Å²) in [6.07, 6.45) is 2.13. The molecule has 0 saturated heterocycles. The Morgan fingerprint density at radius 2 is 1.78 bits per heavy atom. The molecule has 0 N–H and O–H groups in total. The first kappa shape index (κ1) is 10.6. The minimum atomic E-state index is -0.477. The summed E-state index contributed by atoms with van der Waals surface area (Å²) in [5, 5.41) is 0. The van der Waals surface area contributed by atoms with Crippen molar-refractivity contribution in [3.63, 3.8) is 0 Å². The van der Waals surface area contributed by atoms with Crippen molar-refractivity contribution in [1.82, 2.24) is 0 Å². The van der Waals surface area contributed by atoms with Crippen molar-refractivity contribution < 1.29 is 14.3 Å². The molecule has 0 unspecified atom stereocenters. The second kappa shape index (κ2) is 9.80. The third-order valence-electron chi connectivity index (χ3n) is 0.366. The van der Waals surface area contributed by atoms with Crippen LogP contribution in [-0.2, 0) is 14.3 Å². The fourth-order valence-corrected chi connectivity index (χ4v) is 0.130. The first-order valence-corrected chi connectivity index (χ1v) is 2.04. The van der Waals surface area contributed by atoms with Gasteiger partial charge in [-0.3, -0.25) is 0 Å². The van der Waals surface area contributed by atoms with Gasteiger partial charge >= 0.3 is 5.97 Å². The Morgan fingerprint density at radius 3 is 1.89 bits per heavy atom. The van der Waals surface area contributed by atoms with Crippen molar-refractivity contribution in [3.05, 3.63) is 25.5 Å². The van der Waals surface area contributed by atoms with Crippen molar-refractivity contribution in [3.8, 4) is 0 Å². The molecule has 0 aromatic carbocycles. The maximum atomic E-state index is 10.0. The predicted molar refractivity (Wildman–Crippen MR) is 33.6 cm³/mol. The van der Waals surface area contributed by atoms with Crippen molar-refractivity contribution in [2.24, 2.45) is 0 Å². The van der Waals surface area contributed by atoms with Gasteiger partial charge in [0.2, 0.25) is 0 Å². The molecule has 3 nitrogen and oxygen atoms in total. The molecule has 0 rings (SSSR count). The van der Waals surface area contributed by atoms with Crippen molar-refractivity contribution in [2.75, 3.05) is 0 Å². The summed E-state index contributed by atoms with van der Waals surface area (Å²) in [4.78, 5) is 18.0. The minimum absolute atomic E-state index is 0.477. The Labute approximate surface area is 53.6 Å². The van der Waals surface area contributed by atoms with E-state index in [-0.39, 0.29) is 0 Å². The smallest absolute Gasteiger partial charge is 0.334 e. The average Bonchev–Trinajstić information content (AvgIpc) is 1.93. The van der Waals surface area contributed by atoms with Crippen LogP contribution in [0.25, 0.3) is 0 Å². The van der Waals surface area contributed by atoms with Crippen LogP contribution in [0.5, 0.6) is 0 Å². The second-order valence-corrected chi connectivity index (χ2v) is 0.808. The van der Waals surface area contributed by atoms with E-state index in [1.54, 1.807) is 0 Å². The van der Waals surface area contributed by atoms with Crippen molar-refractivity contribution >= 4 is 12.8 Å². The quantitative estimate of drug-likeness (QED) is 0.312. The molecule has 0 bridgehead atoms. The molecule has 0 heterocycles. The van der Waals surface area contributed by atoms with E-state index in [0.717, 1.165) is 12.3 Å². The standard InChI is InChI=1S/C5H6O2.CH2O/c1-3-5(6)7-4-2;1-2/h3-4H,1-2H2;1H2.